The molecule has 0 spiro atoms. The fourth-order valence-electron chi connectivity index (χ4n) is 2.29. The molecular formula is C14H21N. The van der Waals surface area contributed by atoms with E-state index >= 15 is 0 Å². The minimum absolute atomic E-state index is 0.474. The quantitative estimate of drug-likeness (QED) is 0.790. The van der Waals surface area contributed by atoms with Crippen molar-refractivity contribution in [2.24, 2.45) is 5.92 Å². The fourth-order valence-corrected chi connectivity index (χ4v) is 2.29. The lowest BCUT2D eigenvalue weighted by atomic mass is 10.0. The number of aryl methyl sites for hydroxylation is 1. The zero-order valence-electron chi connectivity index (χ0n) is 9.96. The van der Waals surface area contributed by atoms with E-state index in [1.807, 2.05) is 0 Å². The van der Waals surface area contributed by atoms with Crippen LogP contribution in [0.15, 0.2) is 24.3 Å². The highest BCUT2D eigenvalue weighted by Crippen LogP contribution is 2.33. The van der Waals surface area contributed by atoms with Crippen LogP contribution in [0, 0.1) is 12.8 Å². The van der Waals surface area contributed by atoms with E-state index < -0.39 is 0 Å². The van der Waals surface area contributed by atoms with Gasteiger partial charge in [0.1, 0.15) is 0 Å². The molecule has 1 nitrogen and oxygen atoms in total. The Morgan fingerprint density at radius 3 is 2.47 bits per heavy atom. The molecule has 0 bridgehead atoms. The molecule has 1 aliphatic rings. The third kappa shape index (κ3) is 2.60. The number of hydrogen-bond acceptors (Lipinski definition) is 1. The van der Waals surface area contributed by atoms with Crippen molar-refractivity contribution in [3.63, 3.8) is 0 Å². The lowest BCUT2D eigenvalue weighted by Crippen LogP contribution is -2.30. The van der Waals surface area contributed by atoms with Crippen LogP contribution in [0.4, 0.5) is 0 Å². The van der Waals surface area contributed by atoms with Gasteiger partial charge in [0.05, 0.1) is 0 Å². The maximum absolute atomic E-state index is 3.70. The largest absolute Gasteiger partial charge is 0.307 e. The summed E-state index contributed by atoms with van der Waals surface area (Å²) in [6, 6.07) is 9.79. The molecule has 0 aromatic heterocycles. The molecule has 1 aromatic carbocycles. The Morgan fingerprint density at radius 1 is 1.20 bits per heavy atom. The van der Waals surface area contributed by atoms with Crippen LogP contribution in [0.3, 0.4) is 0 Å². The molecule has 1 N–H and O–H groups in total. The maximum Gasteiger partial charge on any atom is 0.0296 e. The molecule has 1 saturated carbocycles. The van der Waals surface area contributed by atoms with Crippen LogP contribution in [0.25, 0.3) is 0 Å². The summed E-state index contributed by atoms with van der Waals surface area (Å²) in [6.45, 7) is 6.77. The molecule has 0 amide bonds. The van der Waals surface area contributed by atoms with Gasteiger partial charge in [0, 0.05) is 12.1 Å². The van der Waals surface area contributed by atoms with Gasteiger partial charge in [-0.2, -0.15) is 0 Å². The van der Waals surface area contributed by atoms with Gasteiger partial charge in [-0.25, -0.2) is 0 Å². The standard InChI is InChI=1S/C14H21N/c1-10-6-4-5-7-14(10)12(3)15-11(2)13-8-9-13/h4-7,11-13,15H,8-9H2,1-3H3/t11?,12-/m1/s1. The topological polar surface area (TPSA) is 12.0 Å². The zero-order chi connectivity index (χ0) is 10.8. The van der Waals surface area contributed by atoms with Gasteiger partial charge in [-0.1, -0.05) is 24.3 Å². The van der Waals surface area contributed by atoms with Gasteiger partial charge < -0.3 is 5.32 Å². The molecule has 2 atom stereocenters. The van der Waals surface area contributed by atoms with Crippen LogP contribution in [-0.4, -0.2) is 6.04 Å². The summed E-state index contributed by atoms with van der Waals surface area (Å²) >= 11 is 0. The molecule has 0 saturated heterocycles. The molecule has 1 fully saturated rings. The van der Waals surface area contributed by atoms with Crippen LogP contribution in [0.1, 0.15) is 43.9 Å². The first-order chi connectivity index (χ1) is 7.18. The Bertz CT molecular complexity index is 328. The summed E-state index contributed by atoms with van der Waals surface area (Å²) in [5.41, 5.74) is 2.82. The average Bonchev–Trinajstić information content (AvgIpc) is 3.01. The lowest BCUT2D eigenvalue weighted by molar-refractivity contribution is 0.440. The molecule has 0 heterocycles. The minimum Gasteiger partial charge on any atom is -0.307 e. The first-order valence-corrected chi connectivity index (χ1v) is 6.00. The Hall–Kier alpha value is -0.820. The van der Waals surface area contributed by atoms with Crippen molar-refractivity contribution in [1.82, 2.24) is 5.32 Å². The summed E-state index contributed by atoms with van der Waals surface area (Å²) in [5, 5.41) is 3.70. The van der Waals surface area contributed by atoms with E-state index in [-0.39, 0.29) is 0 Å². The van der Waals surface area contributed by atoms with Crippen LogP contribution in [-0.2, 0) is 0 Å². The summed E-state index contributed by atoms with van der Waals surface area (Å²) in [6.07, 6.45) is 2.82. The molecular weight excluding hydrogens is 182 g/mol. The van der Waals surface area contributed by atoms with E-state index in [0.717, 1.165) is 5.92 Å². The summed E-state index contributed by atoms with van der Waals surface area (Å²) in [7, 11) is 0. The Kier molecular flexibility index (Phi) is 3.11. The van der Waals surface area contributed by atoms with E-state index in [0.29, 0.717) is 12.1 Å². The van der Waals surface area contributed by atoms with Crippen molar-refractivity contribution >= 4 is 0 Å². The smallest absolute Gasteiger partial charge is 0.0296 e. The van der Waals surface area contributed by atoms with E-state index in [2.05, 4.69) is 50.4 Å². The van der Waals surface area contributed by atoms with Gasteiger partial charge in [-0.05, 0) is 50.7 Å². The van der Waals surface area contributed by atoms with Crippen molar-refractivity contribution in [3.05, 3.63) is 35.4 Å². The second-order valence-electron chi connectivity index (χ2n) is 4.87. The van der Waals surface area contributed by atoms with E-state index in [1.54, 1.807) is 0 Å². The van der Waals surface area contributed by atoms with Crippen molar-refractivity contribution in [2.75, 3.05) is 0 Å². The number of rotatable bonds is 4. The van der Waals surface area contributed by atoms with Crippen molar-refractivity contribution in [2.45, 2.75) is 45.7 Å². The third-order valence-corrected chi connectivity index (χ3v) is 3.50. The first kappa shape index (κ1) is 10.7. The predicted molar refractivity (Wildman–Crippen MR) is 64.9 cm³/mol. The van der Waals surface area contributed by atoms with Crippen LogP contribution in [0.2, 0.25) is 0 Å². The molecule has 1 aliphatic carbocycles. The van der Waals surface area contributed by atoms with Gasteiger partial charge in [0.25, 0.3) is 0 Å². The van der Waals surface area contributed by atoms with Crippen LogP contribution in [0.5, 0.6) is 0 Å². The summed E-state index contributed by atoms with van der Waals surface area (Å²) in [5.74, 6) is 0.927. The molecule has 82 valence electrons. The lowest BCUT2D eigenvalue weighted by Gasteiger charge is -2.21. The number of hydrogen-bond donors (Lipinski definition) is 1. The number of nitrogens with one attached hydrogen (secondary N) is 1. The molecule has 0 aliphatic heterocycles. The van der Waals surface area contributed by atoms with E-state index in [4.69, 9.17) is 0 Å². The highest BCUT2D eigenvalue weighted by atomic mass is 15.0. The average molecular weight is 203 g/mol. The van der Waals surface area contributed by atoms with E-state index in [9.17, 15) is 0 Å². The SMILES string of the molecule is Cc1ccccc1[C@@H](C)NC(C)C1CC1. The molecule has 1 heteroatoms. The van der Waals surface area contributed by atoms with Gasteiger partial charge in [-0.3, -0.25) is 0 Å². The maximum atomic E-state index is 3.70. The Balaban J connectivity index is 2.00. The minimum atomic E-state index is 0.474. The van der Waals surface area contributed by atoms with Gasteiger partial charge in [0.15, 0.2) is 0 Å². The van der Waals surface area contributed by atoms with Crippen LogP contribution < -0.4 is 5.32 Å². The second-order valence-corrected chi connectivity index (χ2v) is 4.87. The number of benzene rings is 1. The van der Waals surface area contributed by atoms with Crippen molar-refractivity contribution in [3.8, 4) is 0 Å². The van der Waals surface area contributed by atoms with Crippen molar-refractivity contribution in [1.29, 1.82) is 0 Å². The monoisotopic (exact) mass is 203 g/mol. The second kappa shape index (κ2) is 4.36. The van der Waals surface area contributed by atoms with Gasteiger partial charge >= 0.3 is 0 Å². The predicted octanol–water partition coefficient (Wildman–Crippen LogP) is 3.44. The molecule has 1 aromatic rings. The fraction of sp³-hybridized carbons (Fsp3) is 0.571. The van der Waals surface area contributed by atoms with Gasteiger partial charge in [-0.15, -0.1) is 0 Å². The van der Waals surface area contributed by atoms with E-state index in [1.165, 1.54) is 24.0 Å². The van der Waals surface area contributed by atoms with Gasteiger partial charge in [0.2, 0.25) is 0 Å². The molecule has 0 radical (unpaired) electrons. The summed E-state index contributed by atoms with van der Waals surface area (Å²) in [4.78, 5) is 0. The highest BCUT2D eigenvalue weighted by Gasteiger charge is 2.28. The Morgan fingerprint density at radius 2 is 1.87 bits per heavy atom. The first-order valence-electron chi connectivity index (χ1n) is 6.00. The van der Waals surface area contributed by atoms with Crippen molar-refractivity contribution < 1.29 is 0 Å². The normalized spacial score (nSPS) is 19.9. The zero-order valence-corrected chi connectivity index (χ0v) is 9.96. The highest BCUT2D eigenvalue weighted by molar-refractivity contribution is 5.28. The van der Waals surface area contributed by atoms with Crippen LogP contribution >= 0.6 is 0 Å². The molecule has 2 rings (SSSR count). The Labute approximate surface area is 92.9 Å². The summed E-state index contributed by atoms with van der Waals surface area (Å²) < 4.78 is 0. The molecule has 15 heavy (non-hydrogen) atoms. The third-order valence-electron chi connectivity index (χ3n) is 3.50. The molecule has 1 unspecified atom stereocenters.